The molecular weight excluding hydrogens is 200 g/mol. The molecule has 1 rings (SSSR count). The Bertz CT molecular complexity index is 342. The third-order valence-corrected chi connectivity index (χ3v) is 1.86. The van der Waals surface area contributed by atoms with Gasteiger partial charge in [0.15, 0.2) is 16.6 Å². The van der Waals surface area contributed by atoms with Crippen molar-refractivity contribution in [3.63, 3.8) is 0 Å². The number of nitrogens with one attached hydrogen (secondary N) is 1. The van der Waals surface area contributed by atoms with Crippen LogP contribution in [0.3, 0.4) is 0 Å². The smallest absolute Gasteiger partial charge is 0.163 e. The van der Waals surface area contributed by atoms with Crippen LogP contribution in [-0.2, 0) is 6.54 Å². The van der Waals surface area contributed by atoms with E-state index in [9.17, 15) is 5.11 Å². The summed E-state index contributed by atoms with van der Waals surface area (Å²) < 4.78 is 4.95. The summed E-state index contributed by atoms with van der Waals surface area (Å²) in [6.45, 7) is 0.520. The lowest BCUT2D eigenvalue weighted by Gasteiger charge is -2.07. The van der Waals surface area contributed by atoms with E-state index in [1.54, 1.807) is 18.2 Å². The summed E-state index contributed by atoms with van der Waals surface area (Å²) in [6, 6.07) is 5.05. The molecule has 0 fully saturated rings. The molecule has 1 aromatic rings. The van der Waals surface area contributed by atoms with Gasteiger partial charge in [-0.05, 0) is 29.9 Å². The van der Waals surface area contributed by atoms with Crippen molar-refractivity contribution in [1.82, 2.24) is 5.32 Å². The molecule has 0 aromatic heterocycles. The number of hydrogen-bond acceptors (Lipinski definition) is 3. The van der Waals surface area contributed by atoms with Crippen molar-refractivity contribution < 1.29 is 9.84 Å². The van der Waals surface area contributed by atoms with E-state index in [0.29, 0.717) is 12.3 Å². The Hall–Kier alpha value is -1.49. The predicted molar refractivity (Wildman–Crippen MR) is 58.3 cm³/mol. The SMILES string of the molecule is COc1cc(CNC(N)=S)ccc1O. The number of phenols is 1. The zero-order valence-electron chi connectivity index (χ0n) is 7.78. The lowest BCUT2D eigenvalue weighted by molar-refractivity contribution is 0.373. The molecule has 0 saturated heterocycles. The minimum Gasteiger partial charge on any atom is -0.504 e. The van der Waals surface area contributed by atoms with Crippen molar-refractivity contribution in [3.05, 3.63) is 23.8 Å². The third kappa shape index (κ3) is 2.77. The van der Waals surface area contributed by atoms with Crippen LogP contribution in [0.15, 0.2) is 18.2 Å². The summed E-state index contributed by atoms with van der Waals surface area (Å²) in [5.41, 5.74) is 6.22. The molecule has 0 aliphatic heterocycles. The second-order valence-corrected chi connectivity index (χ2v) is 3.16. The summed E-state index contributed by atoms with van der Waals surface area (Å²) in [5.74, 6) is 0.554. The highest BCUT2D eigenvalue weighted by Crippen LogP contribution is 2.25. The van der Waals surface area contributed by atoms with Gasteiger partial charge in [0.2, 0.25) is 0 Å². The van der Waals surface area contributed by atoms with Crippen molar-refractivity contribution in [1.29, 1.82) is 0 Å². The second-order valence-electron chi connectivity index (χ2n) is 2.72. The maximum absolute atomic E-state index is 9.32. The van der Waals surface area contributed by atoms with Crippen molar-refractivity contribution in [2.75, 3.05) is 7.11 Å². The van der Waals surface area contributed by atoms with Gasteiger partial charge < -0.3 is 20.9 Å². The van der Waals surface area contributed by atoms with Gasteiger partial charge in [0, 0.05) is 6.54 Å². The largest absolute Gasteiger partial charge is 0.504 e. The molecule has 0 bridgehead atoms. The summed E-state index contributed by atoms with van der Waals surface area (Å²) >= 11 is 4.67. The quantitative estimate of drug-likeness (QED) is 0.645. The molecule has 0 radical (unpaired) electrons. The Morgan fingerprint density at radius 1 is 1.64 bits per heavy atom. The Labute approximate surface area is 87.7 Å². The molecule has 0 atom stereocenters. The monoisotopic (exact) mass is 212 g/mol. The molecule has 0 unspecified atom stereocenters. The molecule has 0 aliphatic carbocycles. The number of methoxy groups -OCH3 is 1. The van der Waals surface area contributed by atoms with Crippen molar-refractivity contribution in [3.8, 4) is 11.5 Å². The zero-order chi connectivity index (χ0) is 10.6. The standard InChI is InChI=1S/C9H12N2O2S/c1-13-8-4-6(2-3-7(8)12)5-11-9(10)14/h2-4,12H,5H2,1H3,(H3,10,11,14). The van der Waals surface area contributed by atoms with Crippen molar-refractivity contribution in [2.24, 2.45) is 5.73 Å². The fraction of sp³-hybridized carbons (Fsp3) is 0.222. The molecule has 76 valence electrons. The van der Waals surface area contributed by atoms with E-state index >= 15 is 0 Å². The number of aromatic hydroxyl groups is 1. The number of nitrogens with two attached hydrogens (primary N) is 1. The molecule has 4 N–H and O–H groups in total. The van der Waals surface area contributed by atoms with Gasteiger partial charge in [0.05, 0.1) is 7.11 Å². The molecule has 0 heterocycles. The fourth-order valence-corrected chi connectivity index (χ4v) is 1.09. The van der Waals surface area contributed by atoms with Crippen LogP contribution in [0.4, 0.5) is 0 Å². The Kier molecular flexibility index (Phi) is 3.53. The van der Waals surface area contributed by atoms with E-state index in [1.807, 2.05) is 0 Å². The molecule has 0 saturated carbocycles. The van der Waals surface area contributed by atoms with Gasteiger partial charge in [-0.25, -0.2) is 0 Å². The maximum Gasteiger partial charge on any atom is 0.163 e. The first kappa shape index (κ1) is 10.6. The normalized spacial score (nSPS) is 9.50. The molecule has 0 aliphatic rings. The maximum atomic E-state index is 9.32. The van der Waals surface area contributed by atoms with Crippen LogP contribution in [-0.4, -0.2) is 17.3 Å². The second kappa shape index (κ2) is 4.66. The van der Waals surface area contributed by atoms with Crippen LogP contribution in [0.5, 0.6) is 11.5 Å². The van der Waals surface area contributed by atoms with Crippen LogP contribution in [0.25, 0.3) is 0 Å². The van der Waals surface area contributed by atoms with Crippen LogP contribution in [0.1, 0.15) is 5.56 Å². The molecule has 4 nitrogen and oxygen atoms in total. The lowest BCUT2D eigenvalue weighted by Crippen LogP contribution is -2.28. The summed E-state index contributed by atoms with van der Waals surface area (Å²) in [6.07, 6.45) is 0. The van der Waals surface area contributed by atoms with Gasteiger partial charge in [-0.1, -0.05) is 6.07 Å². The van der Waals surface area contributed by atoms with E-state index in [-0.39, 0.29) is 10.9 Å². The van der Waals surface area contributed by atoms with E-state index in [0.717, 1.165) is 5.56 Å². The molecule has 0 amide bonds. The lowest BCUT2D eigenvalue weighted by atomic mass is 10.2. The summed E-state index contributed by atoms with van der Waals surface area (Å²) in [7, 11) is 1.50. The Balaban J connectivity index is 2.74. The molecule has 5 heteroatoms. The summed E-state index contributed by atoms with van der Waals surface area (Å²) in [5, 5.41) is 12.4. The van der Waals surface area contributed by atoms with Gasteiger partial charge in [-0.2, -0.15) is 0 Å². The number of phenolic OH excluding ortho intramolecular Hbond substituents is 1. The van der Waals surface area contributed by atoms with E-state index in [2.05, 4.69) is 17.5 Å². The van der Waals surface area contributed by atoms with Crippen molar-refractivity contribution >= 4 is 17.3 Å². The van der Waals surface area contributed by atoms with Gasteiger partial charge in [0.25, 0.3) is 0 Å². The third-order valence-electron chi connectivity index (χ3n) is 1.71. The molecule has 1 aromatic carbocycles. The Morgan fingerprint density at radius 3 is 2.93 bits per heavy atom. The number of benzene rings is 1. The number of rotatable bonds is 3. The minimum absolute atomic E-state index is 0.117. The Morgan fingerprint density at radius 2 is 2.36 bits per heavy atom. The first-order valence-electron chi connectivity index (χ1n) is 4.02. The van der Waals surface area contributed by atoms with Crippen LogP contribution in [0.2, 0.25) is 0 Å². The molecular formula is C9H12N2O2S. The number of hydrogen-bond donors (Lipinski definition) is 3. The highest BCUT2D eigenvalue weighted by molar-refractivity contribution is 7.80. The first-order chi connectivity index (χ1) is 6.63. The summed E-state index contributed by atoms with van der Waals surface area (Å²) in [4.78, 5) is 0. The van der Waals surface area contributed by atoms with Crippen LogP contribution >= 0.6 is 12.2 Å². The molecule has 0 spiro atoms. The van der Waals surface area contributed by atoms with Crippen LogP contribution in [0, 0.1) is 0 Å². The average Bonchev–Trinajstić information content (AvgIpc) is 2.16. The van der Waals surface area contributed by atoms with E-state index in [4.69, 9.17) is 10.5 Å². The first-order valence-corrected chi connectivity index (χ1v) is 4.43. The van der Waals surface area contributed by atoms with Crippen molar-refractivity contribution in [2.45, 2.75) is 6.54 Å². The highest BCUT2D eigenvalue weighted by Gasteiger charge is 2.02. The van der Waals surface area contributed by atoms with E-state index in [1.165, 1.54) is 7.11 Å². The predicted octanol–water partition coefficient (Wildman–Crippen LogP) is 0.734. The van der Waals surface area contributed by atoms with Gasteiger partial charge in [0.1, 0.15) is 0 Å². The minimum atomic E-state index is 0.117. The molecule has 14 heavy (non-hydrogen) atoms. The number of thiocarbonyl (C=S) groups is 1. The zero-order valence-corrected chi connectivity index (χ0v) is 8.60. The van der Waals surface area contributed by atoms with E-state index < -0.39 is 0 Å². The average molecular weight is 212 g/mol. The topological polar surface area (TPSA) is 67.5 Å². The van der Waals surface area contributed by atoms with Gasteiger partial charge in [-0.3, -0.25) is 0 Å². The van der Waals surface area contributed by atoms with Gasteiger partial charge >= 0.3 is 0 Å². The number of ether oxygens (including phenoxy) is 1. The van der Waals surface area contributed by atoms with Gasteiger partial charge in [-0.15, -0.1) is 0 Å². The highest BCUT2D eigenvalue weighted by atomic mass is 32.1. The fourth-order valence-electron chi connectivity index (χ4n) is 1.02. The van der Waals surface area contributed by atoms with Crippen LogP contribution < -0.4 is 15.8 Å².